The Balaban J connectivity index is 0.910. The summed E-state index contributed by atoms with van der Waals surface area (Å²) in [6, 6.07) is 39.3. The zero-order chi connectivity index (χ0) is 40.2. The largest absolute Gasteiger partial charge is 0.321 e. The minimum atomic E-state index is -0.610. The van der Waals surface area contributed by atoms with Gasteiger partial charge in [0.15, 0.2) is 0 Å². The highest BCUT2D eigenvalue weighted by Gasteiger charge is 2.21. The van der Waals surface area contributed by atoms with Gasteiger partial charge >= 0.3 is 0 Å². The summed E-state index contributed by atoms with van der Waals surface area (Å²) in [5.74, 6) is -0.545. The first-order valence-electron chi connectivity index (χ1n) is 18.5. The van der Waals surface area contributed by atoms with Crippen LogP contribution < -0.4 is 32.9 Å². The van der Waals surface area contributed by atoms with Crippen molar-refractivity contribution in [2.75, 3.05) is 10.6 Å². The first-order chi connectivity index (χ1) is 28.1. The van der Waals surface area contributed by atoms with Crippen LogP contribution in [0.5, 0.6) is 0 Å². The first kappa shape index (κ1) is 35.7. The van der Waals surface area contributed by atoms with Crippen LogP contribution in [0.4, 0.5) is 11.4 Å². The molecule has 0 aliphatic heterocycles. The number of nitrogens with one attached hydrogen (secondary N) is 2. The molecule has 2 heterocycles. The van der Waals surface area contributed by atoms with Crippen LogP contribution in [0.3, 0.4) is 0 Å². The molecule has 280 valence electrons. The highest BCUT2D eigenvalue weighted by Crippen LogP contribution is 2.29. The standard InChI is InChI=1S/C48H32N4O6/c1-27-7-3-9-33-32(27)8-4-12-40(33)49-43(53)30-21-17-28(18-22-30)15-16-29-19-23-31(24-20-29)44(54)50-41-13-5-11-35-34(41)10-6-14-42(35)52-47(57)38-25-36-37(26-39(38)48(52)58)46(56)51(2)45(36)55/h3-26H,1-2H3,(H,49,53)(H,50,54)/b16-15+. The summed E-state index contributed by atoms with van der Waals surface area (Å²) in [6.07, 6.45) is 3.85. The maximum Gasteiger partial charge on any atom is 0.266 e. The second-order valence-electron chi connectivity index (χ2n) is 14.2. The SMILES string of the molecule is Cc1cccc2c(NC(=O)c3ccc(/C=C/c4ccc(C(=O)Nc5cccc6c(-n7c(=O)c8cc9c(=O)n(C)c(=O)c9cc8c7=O)cccc56)cc4)cc3)cccc12. The van der Waals surface area contributed by atoms with Gasteiger partial charge in [0, 0.05) is 45.7 Å². The summed E-state index contributed by atoms with van der Waals surface area (Å²) in [7, 11) is 1.35. The van der Waals surface area contributed by atoms with Crippen LogP contribution >= 0.6 is 0 Å². The van der Waals surface area contributed by atoms with Crippen molar-refractivity contribution in [3.8, 4) is 5.69 Å². The van der Waals surface area contributed by atoms with Gasteiger partial charge in [-0.3, -0.25) is 33.3 Å². The molecule has 10 heteroatoms. The summed E-state index contributed by atoms with van der Waals surface area (Å²) in [5.41, 5.74) is 3.13. The van der Waals surface area contributed by atoms with E-state index in [2.05, 4.69) is 10.6 Å². The fourth-order valence-corrected chi connectivity index (χ4v) is 7.56. The van der Waals surface area contributed by atoms with Gasteiger partial charge in [0.25, 0.3) is 34.1 Å². The molecule has 2 N–H and O–H groups in total. The lowest BCUT2D eigenvalue weighted by molar-refractivity contribution is 0.101. The third kappa shape index (κ3) is 6.00. The zero-order valence-electron chi connectivity index (χ0n) is 31.2. The third-order valence-electron chi connectivity index (χ3n) is 10.7. The molecule has 58 heavy (non-hydrogen) atoms. The van der Waals surface area contributed by atoms with Crippen molar-refractivity contribution in [2.24, 2.45) is 7.05 Å². The van der Waals surface area contributed by atoms with E-state index in [0.29, 0.717) is 33.3 Å². The van der Waals surface area contributed by atoms with E-state index in [0.717, 1.165) is 42.3 Å². The van der Waals surface area contributed by atoms with Crippen molar-refractivity contribution in [3.05, 3.63) is 203 Å². The topological polar surface area (TPSA) is 136 Å². The highest BCUT2D eigenvalue weighted by molar-refractivity contribution is 6.11. The molecule has 0 radical (unpaired) electrons. The van der Waals surface area contributed by atoms with E-state index in [4.69, 9.17) is 0 Å². The van der Waals surface area contributed by atoms with Gasteiger partial charge in [-0.15, -0.1) is 0 Å². The van der Waals surface area contributed by atoms with Crippen molar-refractivity contribution in [1.82, 2.24) is 9.13 Å². The molecule has 7 aromatic carbocycles. The molecular weight excluding hydrogens is 729 g/mol. The molecule has 0 aliphatic carbocycles. The van der Waals surface area contributed by atoms with Crippen molar-refractivity contribution >= 4 is 78.4 Å². The number of aryl methyl sites for hydroxylation is 1. The Hall–Kier alpha value is -7.98. The fourth-order valence-electron chi connectivity index (χ4n) is 7.56. The molecule has 0 atom stereocenters. The second kappa shape index (κ2) is 13.9. The van der Waals surface area contributed by atoms with Gasteiger partial charge in [0.2, 0.25) is 0 Å². The monoisotopic (exact) mass is 760 g/mol. The van der Waals surface area contributed by atoms with E-state index in [1.54, 1.807) is 60.7 Å². The maximum atomic E-state index is 13.7. The molecular formula is C48H32N4O6. The molecule has 0 bridgehead atoms. The molecule has 2 amide bonds. The minimum absolute atomic E-state index is 0.0467. The minimum Gasteiger partial charge on any atom is -0.321 e. The van der Waals surface area contributed by atoms with E-state index in [1.807, 2.05) is 79.7 Å². The van der Waals surface area contributed by atoms with Crippen LogP contribution in [-0.4, -0.2) is 20.9 Å². The van der Waals surface area contributed by atoms with Gasteiger partial charge in [0.1, 0.15) is 0 Å². The van der Waals surface area contributed by atoms with Crippen molar-refractivity contribution in [3.63, 3.8) is 0 Å². The van der Waals surface area contributed by atoms with Crippen LogP contribution in [0.15, 0.2) is 153 Å². The van der Waals surface area contributed by atoms with Gasteiger partial charge in [-0.2, -0.15) is 0 Å². The maximum absolute atomic E-state index is 13.7. The Labute approximate surface area is 329 Å². The normalized spacial score (nSPS) is 11.6. The summed E-state index contributed by atoms with van der Waals surface area (Å²) >= 11 is 0. The molecule has 0 saturated carbocycles. The number of hydrogen-bond donors (Lipinski definition) is 2. The lowest BCUT2D eigenvalue weighted by Crippen LogP contribution is -2.23. The molecule has 0 aliphatic rings. The average Bonchev–Trinajstić information content (AvgIpc) is 3.61. The summed E-state index contributed by atoms with van der Waals surface area (Å²) in [5, 5.41) is 9.50. The van der Waals surface area contributed by atoms with Gasteiger partial charge in [-0.05, 0) is 83.6 Å². The molecule has 0 fully saturated rings. The predicted molar refractivity (Wildman–Crippen MR) is 231 cm³/mol. The van der Waals surface area contributed by atoms with E-state index in [1.165, 1.54) is 19.2 Å². The second-order valence-corrected chi connectivity index (χ2v) is 14.2. The van der Waals surface area contributed by atoms with Crippen LogP contribution in [0, 0.1) is 6.92 Å². The molecule has 9 aromatic rings. The van der Waals surface area contributed by atoms with Gasteiger partial charge in [-0.1, -0.05) is 91.0 Å². The van der Waals surface area contributed by atoms with E-state index in [-0.39, 0.29) is 33.4 Å². The number of carbonyl (C=O) groups is 2. The molecule has 0 spiro atoms. The number of aromatic nitrogens is 2. The molecule has 2 aromatic heterocycles. The predicted octanol–water partition coefficient (Wildman–Crippen LogP) is 7.73. The first-order valence-corrected chi connectivity index (χ1v) is 18.5. The van der Waals surface area contributed by atoms with Crippen molar-refractivity contribution < 1.29 is 9.59 Å². The number of hydrogen-bond acceptors (Lipinski definition) is 6. The summed E-state index contributed by atoms with van der Waals surface area (Å²) in [4.78, 5) is 79.1. The number of rotatable bonds is 7. The van der Waals surface area contributed by atoms with Crippen molar-refractivity contribution in [2.45, 2.75) is 6.92 Å². The molecule has 10 nitrogen and oxygen atoms in total. The Morgan fingerprint density at radius 2 is 0.879 bits per heavy atom. The Kier molecular flexibility index (Phi) is 8.59. The van der Waals surface area contributed by atoms with Crippen LogP contribution in [0.1, 0.15) is 37.4 Å². The van der Waals surface area contributed by atoms with Crippen LogP contribution in [0.25, 0.3) is 60.9 Å². The van der Waals surface area contributed by atoms with Gasteiger partial charge in [0.05, 0.1) is 27.2 Å². The Morgan fingerprint density at radius 3 is 1.40 bits per heavy atom. The van der Waals surface area contributed by atoms with Crippen LogP contribution in [0.2, 0.25) is 0 Å². The number of benzene rings is 7. The number of fused-ring (bicyclic) bond motifs is 4. The van der Waals surface area contributed by atoms with E-state index >= 15 is 0 Å². The molecule has 0 unspecified atom stereocenters. The van der Waals surface area contributed by atoms with Crippen molar-refractivity contribution in [1.29, 1.82) is 0 Å². The van der Waals surface area contributed by atoms with E-state index < -0.39 is 22.2 Å². The Bertz CT molecular complexity index is 3340. The van der Waals surface area contributed by atoms with Gasteiger partial charge in [-0.25, -0.2) is 4.57 Å². The smallest absolute Gasteiger partial charge is 0.266 e. The zero-order valence-corrected chi connectivity index (χ0v) is 31.2. The number of amides is 2. The van der Waals surface area contributed by atoms with E-state index in [9.17, 15) is 28.8 Å². The third-order valence-corrected chi connectivity index (χ3v) is 10.7. The average molecular weight is 761 g/mol. The quantitative estimate of drug-likeness (QED) is 0.160. The lowest BCUT2D eigenvalue weighted by atomic mass is 10.0. The number of carbonyl (C=O) groups excluding carboxylic acids is 2. The fraction of sp³-hybridized carbons (Fsp3) is 0.0417. The lowest BCUT2D eigenvalue weighted by Gasteiger charge is -2.12. The number of nitrogens with zero attached hydrogens (tertiary/aromatic N) is 2. The summed E-state index contributed by atoms with van der Waals surface area (Å²) in [6.45, 7) is 2.05. The highest BCUT2D eigenvalue weighted by atomic mass is 16.2. The number of anilines is 2. The van der Waals surface area contributed by atoms with Gasteiger partial charge < -0.3 is 10.6 Å². The molecule has 9 rings (SSSR count). The molecule has 0 saturated heterocycles. The van der Waals surface area contributed by atoms with Crippen LogP contribution in [-0.2, 0) is 7.05 Å². The Morgan fingerprint density at radius 1 is 0.466 bits per heavy atom. The summed E-state index contributed by atoms with van der Waals surface area (Å²) < 4.78 is 2.00.